The lowest BCUT2D eigenvalue weighted by Gasteiger charge is -2.35. The Bertz CT molecular complexity index is 175. The fourth-order valence-electron chi connectivity index (χ4n) is 3.13. The minimum Gasteiger partial charge on any atom is -0.388 e. The van der Waals surface area contributed by atoms with Crippen molar-refractivity contribution in [3.63, 3.8) is 0 Å². The van der Waals surface area contributed by atoms with Crippen LogP contribution in [0.1, 0.15) is 45.4 Å². The highest BCUT2D eigenvalue weighted by Gasteiger charge is 2.43. The molecular formula is C11H21NO. The SMILES string of the molecule is CCN1CCCC1C1(O)CCCC1. The van der Waals surface area contributed by atoms with Crippen LogP contribution in [0.25, 0.3) is 0 Å². The molecule has 1 N–H and O–H groups in total. The number of hydrogen-bond acceptors (Lipinski definition) is 2. The molecule has 1 saturated carbocycles. The average Bonchev–Trinajstić information content (AvgIpc) is 2.72. The summed E-state index contributed by atoms with van der Waals surface area (Å²) in [5, 5.41) is 10.5. The molecule has 0 bridgehead atoms. The van der Waals surface area contributed by atoms with E-state index in [1.807, 2.05) is 0 Å². The van der Waals surface area contributed by atoms with Crippen molar-refractivity contribution in [1.29, 1.82) is 0 Å². The van der Waals surface area contributed by atoms with Crippen LogP contribution in [0.5, 0.6) is 0 Å². The van der Waals surface area contributed by atoms with Gasteiger partial charge in [0.2, 0.25) is 0 Å². The summed E-state index contributed by atoms with van der Waals surface area (Å²) >= 11 is 0. The van der Waals surface area contributed by atoms with E-state index in [0.29, 0.717) is 6.04 Å². The second-order valence-corrected chi connectivity index (χ2v) is 4.60. The maximum atomic E-state index is 10.5. The number of aliphatic hydroxyl groups is 1. The number of nitrogens with zero attached hydrogens (tertiary/aromatic N) is 1. The summed E-state index contributed by atoms with van der Waals surface area (Å²) in [7, 11) is 0. The van der Waals surface area contributed by atoms with Gasteiger partial charge in [0.1, 0.15) is 0 Å². The van der Waals surface area contributed by atoms with Gasteiger partial charge < -0.3 is 5.11 Å². The van der Waals surface area contributed by atoms with Gasteiger partial charge in [-0.05, 0) is 38.8 Å². The molecule has 0 radical (unpaired) electrons. The third-order valence-corrected chi connectivity index (χ3v) is 3.86. The zero-order valence-corrected chi connectivity index (χ0v) is 8.63. The molecule has 2 rings (SSSR count). The standard InChI is InChI=1S/C11H21NO/c1-2-12-9-5-6-10(12)11(13)7-3-4-8-11/h10,13H,2-9H2,1H3. The molecule has 0 amide bonds. The lowest BCUT2D eigenvalue weighted by Crippen LogP contribution is -2.47. The summed E-state index contributed by atoms with van der Waals surface area (Å²) in [6.45, 7) is 4.51. The molecule has 76 valence electrons. The van der Waals surface area contributed by atoms with Crippen LogP contribution in [0.3, 0.4) is 0 Å². The van der Waals surface area contributed by atoms with E-state index in [-0.39, 0.29) is 5.60 Å². The van der Waals surface area contributed by atoms with Gasteiger partial charge >= 0.3 is 0 Å². The number of likely N-dealkylation sites (N-methyl/N-ethyl adjacent to an activating group) is 1. The molecule has 0 aromatic rings. The summed E-state index contributed by atoms with van der Waals surface area (Å²) in [6.07, 6.45) is 7.02. The van der Waals surface area contributed by atoms with Crippen molar-refractivity contribution in [3.8, 4) is 0 Å². The first-order valence-electron chi connectivity index (χ1n) is 5.73. The lowest BCUT2D eigenvalue weighted by molar-refractivity contribution is -0.0263. The summed E-state index contributed by atoms with van der Waals surface area (Å²) in [5.41, 5.74) is -0.327. The van der Waals surface area contributed by atoms with E-state index in [1.165, 1.54) is 32.2 Å². The van der Waals surface area contributed by atoms with Crippen molar-refractivity contribution in [1.82, 2.24) is 4.90 Å². The molecule has 0 aromatic heterocycles. The molecule has 2 aliphatic rings. The highest BCUT2D eigenvalue weighted by Crippen LogP contribution is 2.38. The predicted octanol–water partition coefficient (Wildman–Crippen LogP) is 1.78. The Hall–Kier alpha value is -0.0800. The number of rotatable bonds is 2. The maximum absolute atomic E-state index is 10.5. The zero-order chi connectivity index (χ0) is 9.31. The summed E-state index contributed by atoms with van der Waals surface area (Å²) in [6, 6.07) is 0.472. The molecule has 0 spiro atoms. The smallest absolute Gasteiger partial charge is 0.0802 e. The van der Waals surface area contributed by atoms with Crippen LogP contribution in [0, 0.1) is 0 Å². The van der Waals surface area contributed by atoms with Crippen LogP contribution in [-0.4, -0.2) is 34.7 Å². The van der Waals surface area contributed by atoms with Crippen LogP contribution < -0.4 is 0 Å². The molecule has 13 heavy (non-hydrogen) atoms. The van der Waals surface area contributed by atoms with E-state index in [1.54, 1.807) is 0 Å². The average molecular weight is 183 g/mol. The summed E-state index contributed by atoms with van der Waals surface area (Å²) in [4.78, 5) is 2.46. The van der Waals surface area contributed by atoms with Gasteiger partial charge in [0.15, 0.2) is 0 Å². The van der Waals surface area contributed by atoms with Gasteiger partial charge in [-0.2, -0.15) is 0 Å². The van der Waals surface area contributed by atoms with Crippen LogP contribution in [0.4, 0.5) is 0 Å². The fourth-order valence-corrected chi connectivity index (χ4v) is 3.13. The van der Waals surface area contributed by atoms with Gasteiger partial charge in [-0.25, -0.2) is 0 Å². The molecule has 2 nitrogen and oxygen atoms in total. The van der Waals surface area contributed by atoms with Gasteiger partial charge in [0.25, 0.3) is 0 Å². The highest BCUT2D eigenvalue weighted by atomic mass is 16.3. The molecule has 2 fully saturated rings. The minimum atomic E-state index is -0.327. The molecule has 1 aliphatic heterocycles. The number of likely N-dealkylation sites (tertiary alicyclic amines) is 1. The van der Waals surface area contributed by atoms with Crippen molar-refractivity contribution < 1.29 is 5.11 Å². The Balaban J connectivity index is 2.05. The number of hydrogen-bond donors (Lipinski definition) is 1. The van der Waals surface area contributed by atoms with Gasteiger partial charge in [-0.3, -0.25) is 4.90 Å². The Morgan fingerprint density at radius 2 is 2.00 bits per heavy atom. The lowest BCUT2D eigenvalue weighted by atomic mass is 9.90. The Labute approximate surface area is 80.9 Å². The molecular weight excluding hydrogens is 162 g/mol. The summed E-state index contributed by atoms with van der Waals surface area (Å²) < 4.78 is 0. The van der Waals surface area contributed by atoms with Crippen molar-refractivity contribution >= 4 is 0 Å². The van der Waals surface area contributed by atoms with E-state index in [2.05, 4.69) is 11.8 Å². The second-order valence-electron chi connectivity index (χ2n) is 4.60. The van der Waals surface area contributed by atoms with E-state index in [9.17, 15) is 5.11 Å². The topological polar surface area (TPSA) is 23.5 Å². The maximum Gasteiger partial charge on any atom is 0.0802 e. The minimum absolute atomic E-state index is 0.327. The molecule has 1 heterocycles. The fraction of sp³-hybridized carbons (Fsp3) is 1.00. The van der Waals surface area contributed by atoms with Crippen LogP contribution in [0.2, 0.25) is 0 Å². The van der Waals surface area contributed by atoms with E-state index < -0.39 is 0 Å². The largest absolute Gasteiger partial charge is 0.388 e. The first kappa shape index (κ1) is 9.47. The molecule has 2 heteroatoms. The van der Waals surface area contributed by atoms with Crippen molar-refractivity contribution in [3.05, 3.63) is 0 Å². The summed E-state index contributed by atoms with van der Waals surface area (Å²) in [5.74, 6) is 0. The third kappa shape index (κ3) is 1.62. The molecule has 1 unspecified atom stereocenters. The van der Waals surface area contributed by atoms with Crippen LogP contribution in [0.15, 0.2) is 0 Å². The van der Waals surface area contributed by atoms with Gasteiger partial charge in [-0.1, -0.05) is 19.8 Å². The highest BCUT2D eigenvalue weighted by molar-refractivity contribution is 4.98. The first-order valence-corrected chi connectivity index (χ1v) is 5.73. The van der Waals surface area contributed by atoms with Crippen molar-refractivity contribution in [2.45, 2.75) is 57.1 Å². The van der Waals surface area contributed by atoms with E-state index >= 15 is 0 Å². The Morgan fingerprint density at radius 3 is 2.62 bits per heavy atom. The predicted molar refractivity (Wildman–Crippen MR) is 53.7 cm³/mol. The van der Waals surface area contributed by atoms with Crippen molar-refractivity contribution in [2.75, 3.05) is 13.1 Å². The first-order chi connectivity index (χ1) is 6.26. The third-order valence-electron chi connectivity index (χ3n) is 3.86. The normalized spacial score (nSPS) is 34.2. The Kier molecular flexibility index (Phi) is 2.61. The van der Waals surface area contributed by atoms with E-state index in [4.69, 9.17) is 0 Å². The molecule has 1 atom stereocenters. The van der Waals surface area contributed by atoms with Gasteiger partial charge in [0, 0.05) is 6.04 Å². The quantitative estimate of drug-likeness (QED) is 0.705. The molecule has 0 aromatic carbocycles. The Morgan fingerprint density at radius 1 is 1.31 bits per heavy atom. The van der Waals surface area contributed by atoms with Crippen molar-refractivity contribution in [2.24, 2.45) is 0 Å². The van der Waals surface area contributed by atoms with Gasteiger partial charge in [-0.15, -0.1) is 0 Å². The van der Waals surface area contributed by atoms with Crippen LogP contribution in [-0.2, 0) is 0 Å². The second kappa shape index (κ2) is 3.58. The molecule has 1 saturated heterocycles. The van der Waals surface area contributed by atoms with Gasteiger partial charge in [0.05, 0.1) is 5.60 Å². The van der Waals surface area contributed by atoms with Crippen LogP contribution >= 0.6 is 0 Å². The van der Waals surface area contributed by atoms with E-state index in [0.717, 1.165) is 19.4 Å². The monoisotopic (exact) mass is 183 g/mol. The zero-order valence-electron chi connectivity index (χ0n) is 8.63. The molecule has 1 aliphatic carbocycles.